The van der Waals surface area contributed by atoms with E-state index >= 15 is 0 Å². The summed E-state index contributed by atoms with van der Waals surface area (Å²) in [7, 11) is 0. The molecule has 0 radical (unpaired) electrons. The molecule has 0 atom stereocenters. The summed E-state index contributed by atoms with van der Waals surface area (Å²) in [5, 5.41) is 5.95. The van der Waals surface area contributed by atoms with E-state index in [1.807, 2.05) is 0 Å². The third kappa shape index (κ3) is 3.84. The Labute approximate surface area is 107 Å². The van der Waals surface area contributed by atoms with Crippen LogP contribution in [0.15, 0.2) is 9.59 Å². The Hall–Kier alpha value is -1.36. The van der Waals surface area contributed by atoms with Crippen LogP contribution in [-0.4, -0.2) is 21.9 Å². The molecule has 5 heteroatoms. The minimum absolute atomic E-state index is 0.0710. The van der Waals surface area contributed by atoms with Gasteiger partial charge >= 0.3 is 0 Å². The van der Waals surface area contributed by atoms with Crippen molar-refractivity contribution in [3.63, 3.8) is 0 Å². The number of H-pyrrole nitrogens is 1. The van der Waals surface area contributed by atoms with Crippen molar-refractivity contribution < 1.29 is 0 Å². The molecule has 1 aromatic heterocycles. The Bertz CT molecular complexity index is 521. The van der Waals surface area contributed by atoms with Crippen molar-refractivity contribution in [2.45, 2.75) is 53.1 Å². The second kappa shape index (κ2) is 5.52. The fraction of sp³-hybridized carbons (Fsp3) is 0.692. The molecule has 0 saturated carbocycles. The van der Waals surface area contributed by atoms with Crippen molar-refractivity contribution in [1.29, 1.82) is 0 Å². The fourth-order valence-electron chi connectivity index (χ4n) is 1.65. The number of aromatic amines is 1. The first kappa shape index (κ1) is 14.7. The topological polar surface area (TPSA) is 66.9 Å². The van der Waals surface area contributed by atoms with E-state index < -0.39 is 0 Å². The summed E-state index contributed by atoms with van der Waals surface area (Å²) in [6, 6.07) is 0. The zero-order chi connectivity index (χ0) is 13.9. The summed E-state index contributed by atoms with van der Waals surface area (Å²) in [6.45, 7) is 11.0. The smallest absolute Gasteiger partial charge is 0.268 e. The predicted molar refractivity (Wildman–Crippen MR) is 73.2 cm³/mol. The number of nitrogens with one attached hydrogen (secondary N) is 2. The molecule has 0 spiro atoms. The predicted octanol–water partition coefficient (Wildman–Crippen LogP) is 0.932. The van der Waals surface area contributed by atoms with E-state index in [2.05, 4.69) is 31.2 Å². The van der Waals surface area contributed by atoms with Crippen LogP contribution in [0, 0.1) is 13.8 Å². The van der Waals surface area contributed by atoms with Crippen molar-refractivity contribution in [3.8, 4) is 0 Å². The van der Waals surface area contributed by atoms with Crippen LogP contribution < -0.4 is 16.4 Å². The Kier molecular flexibility index (Phi) is 4.51. The lowest BCUT2D eigenvalue weighted by molar-refractivity contribution is 0.405. The van der Waals surface area contributed by atoms with Crippen LogP contribution >= 0.6 is 0 Å². The Morgan fingerprint density at radius 3 is 2.33 bits per heavy atom. The van der Waals surface area contributed by atoms with Gasteiger partial charge in [0.1, 0.15) is 0 Å². The summed E-state index contributed by atoms with van der Waals surface area (Å²) in [5.74, 6) is 0. The van der Waals surface area contributed by atoms with Gasteiger partial charge in [0.05, 0.1) is 0 Å². The maximum absolute atomic E-state index is 11.9. The van der Waals surface area contributed by atoms with Crippen molar-refractivity contribution in [1.82, 2.24) is 15.1 Å². The van der Waals surface area contributed by atoms with Crippen molar-refractivity contribution in [2.24, 2.45) is 0 Å². The summed E-state index contributed by atoms with van der Waals surface area (Å²) in [6.07, 6.45) is 0.801. The highest BCUT2D eigenvalue weighted by Gasteiger charge is 2.09. The zero-order valence-corrected chi connectivity index (χ0v) is 11.9. The van der Waals surface area contributed by atoms with E-state index in [0.29, 0.717) is 17.7 Å². The average molecular weight is 253 g/mol. The van der Waals surface area contributed by atoms with Gasteiger partial charge in [-0.3, -0.25) is 14.7 Å². The van der Waals surface area contributed by atoms with Gasteiger partial charge in [0.25, 0.3) is 11.1 Å². The van der Waals surface area contributed by atoms with E-state index in [9.17, 15) is 9.59 Å². The quantitative estimate of drug-likeness (QED) is 0.785. The molecular weight excluding hydrogens is 230 g/mol. The van der Waals surface area contributed by atoms with Gasteiger partial charge in [0, 0.05) is 23.2 Å². The van der Waals surface area contributed by atoms with Gasteiger partial charge in [-0.1, -0.05) is 0 Å². The first-order valence-electron chi connectivity index (χ1n) is 6.28. The van der Waals surface area contributed by atoms with Crippen LogP contribution in [0.25, 0.3) is 0 Å². The second-order valence-electron chi connectivity index (χ2n) is 5.68. The fourth-order valence-corrected chi connectivity index (χ4v) is 1.65. The normalized spacial score (nSPS) is 11.8. The molecule has 1 aromatic rings. The lowest BCUT2D eigenvalue weighted by atomic mass is 10.1. The molecule has 1 heterocycles. The first-order valence-corrected chi connectivity index (χ1v) is 6.28. The summed E-state index contributed by atoms with van der Waals surface area (Å²) in [4.78, 5) is 23.5. The van der Waals surface area contributed by atoms with Crippen LogP contribution in [-0.2, 0) is 6.54 Å². The minimum Gasteiger partial charge on any atom is -0.312 e. The number of aryl methyl sites for hydroxylation is 1. The molecule has 0 fully saturated rings. The average Bonchev–Trinajstić information content (AvgIpc) is 2.26. The number of hydrogen-bond donors (Lipinski definition) is 2. The summed E-state index contributed by atoms with van der Waals surface area (Å²) in [5.41, 5.74) is 0.812. The van der Waals surface area contributed by atoms with Gasteiger partial charge in [-0.2, -0.15) is 0 Å². The molecule has 5 nitrogen and oxygen atoms in total. The van der Waals surface area contributed by atoms with E-state index in [4.69, 9.17) is 0 Å². The number of aromatic nitrogens is 2. The third-order valence-electron chi connectivity index (χ3n) is 2.92. The standard InChI is InChI=1S/C13H23N3O2/c1-9-10(2)12(18)16(15-11(9)17)8-6-7-14-13(3,4)5/h14H,6-8H2,1-5H3,(H,15,17). The first-order chi connectivity index (χ1) is 8.22. The highest BCUT2D eigenvalue weighted by atomic mass is 16.2. The molecule has 0 aromatic carbocycles. The monoisotopic (exact) mass is 253 g/mol. The summed E-state index contributed by atoms with van der Waals surface area (Å²) >= 11 is 0. The van der Waals surface area contributed by atoms with Crippen LogP contribution in [0.4, 0.5) is 0 Å². The van der Waals surface area contributed by atoms with Crippen molar-refractivity contribution >= 4 is 0 Å². The van der Waals surface area contributed by atoms with Gasteiger partial charge in [0.2, 0.25) is 0 Å². The minimum atomic E-state index is -0.184. The van der Waals surface area contributed by atoms with Crippen molar-refractivity contribution in [2.75, 3.05) is 6.54 Å². The van der Waals surface area contributed by atoms with E-state index in [-0.39, 0.29) is 16.7 Å². The van der Waals surface area contributed by atoms with Crippen LogP contribution in [0.3, 0.4) is 0 Å². The number of rotatable bonds is 4. The SMILES string of the molecule is Cc1c(C)c(=O)n(CCCNC(C)(C)C)[nH]c1=O. The highest BCUT2D eigenvalue weighted by molar-refractivity contribution is 5.17. The molecule has 18 heavy (non-hydrogen) atoms. The molecule has 0 unspecified atom stereocenters. The molecule has 0 bridgehead atoms. The van der Waals surface area contributed by atoms with Gasteiger partial charge in [-0.15, -0.1) is 0 Å². The van der Waals surface area contributed by atoms with Crippen LogP contribution in [0.1, 0.15) is 38.3 Å². The molecule has 102 valence electrons. The number of nitrogens with zero attached hydrogens (tertiary/aromatic N) is 1. The lowest BCUT2D eigenvalue weighted by Crippen LogP contribution is -2.38. The molecule has 0 aliphatic carbocycles. The van der Waals surface area contributed by atoms with Gasteiger partial charge in [0.15, 0.2) is 0 Å². The van der Waals surface area contributed by atoms with Crippen LogP contribution in [0.5, 0.6) is 0 Å². The Morgan fingerprint density at radius 1 is 1.17 bits per heavy atom. The molecule has 0 amide bonds. The third-order valence-corrected chi connectivity index (χ3v) is 2.92. The molecule has 1 rings (SSSR count). The van der Waals surface area contributed by atoms with Crippen LogP contribution in [0.2, 0.25) is 0 Å². The highest BCUT2D eigenvalue weighted by Crippen LogP contribution is 1.98. The maximum Gasteiger partial charge on any atom is 0.268 e. The molecule has 0 aliphatic rings. The van der Waals surface area contributed by atoms with E-state index in [0.717, 1.165) is 13.0 Å². The molecule has 0 aliphatic heterocycles. The van der Waals surface area contributed by atoms with Gasteiger partial charge in [-0.05, 0) is 47.6 Å². The van der Waals surface area contributed by atoms with Gasteiger partial charge < -0.3 is 5.32 Å². The Balaban J connectivity index is 2.70. The lowest BCUT2D eigenvalue weighted by Gasteiger charge is -2.20. The summed E-state index contributed by atoms with van der Waals surface area (Å²) < 4.78 is 1.40. The largest absolute Gasteiger partial charge is 0.312 e. The molecule has 0 saturated heterocycles. The zero-order valence-electron chi connectivity index (χ0n) is 11.9. The molecule has 2 N–H and O–H groups in total. The second-order valence-corrected chi connectivity index (χ2v) is 5.68. The number of hydrogen-bond acceptors (Lipinski definition) is 3. The van der Waals surface area contributed by atoms with E-state index in [1.165, 1.54) is 4.68 Å². The Morgan fingerprint density at radius 2 is 1.78 bits per heavy atom. The van der Waals surface area contributed by atoms with Gasteiger partial charge in [-0.25, -0.2) is 4.68 Å². The van der Waals surface area contributed by atoms with E-state index in [1.54, 1.807) is 13.8 Å². The van der Waals surface area contributed by atoms with Crippen molar-refractivity contribution in [3.05, 3.63) is 31.8 Å². The maximum atomic E-state index is 11.9. The molecular formula is C13H23N3O2.